The molecule has 1 heterocycles. The van der Waals surface area contributed by atoms with Crippen molar-refractivity contribution in [2.75, 3.05) is 12.8 Å². The van der Waals surface area contributed by atoms with Gasteiger partial charge in [0.2, 0.25) is 6.16 Å². The third-order valence-corrected chi connectivity index (χ3v) is 4.75. The Hall–Kier alpha value is -0.320. The molecule has 0 radical (unpaired) electrons. The Balaban J connectivity index is 2.45. The van der Waals surface area contributed by atoms with Crippen LogP contribution in [-0.2, 0) is 14.3 Å². The number of esters is 1. The van der Waals surface area contributed by atoms with Gasteiger partial charge in [-0.3, -0.25) is 0 Å². The third kappa shape index (κ3) is 2.67. The predicted molar refractivity (Wildman–Crippen MR) is 55.4 cm³/mol. The van der Waals surface area contributed by atoms with Crippen LogP contribution in [0.25, 0.3) is 0 Å². The molecule has 0 spiro atoms. The van der Waals surface area contributed by atoms with Crippen LogP contribution in [0.2, 0.25) is 0 Å². The van der Waals surface area contributed by atoms with Crippen molar-refractivity contribution in [3.63, 3.8) is 0 Å². The molecule has 1 saturated heterocycles. The summed E-state index contributed by atoms with van der Waals surface area (Å²) in [6.45, 7) is 3.51. The van der Waals surface area contributed by atoms with E-state index in [1.165, 1.54) is 6.92 Å². The topological polar surface area (TPSA) is 55.8 Å². The summed E-state index contributed by atoms with van der Waals surface area (Å²) in [6, 6.07) is 0. The van der Waals surface area contributed by atoms with Crippen molar-refractivity contribution >= 4 is 13.9 Å². The Morgan fingerprint density at radius 3 is 2.50 bits per heavy atom. The van der Waals surface area contributed by atoms with Crippen LogP contribution in [0.3, 0.4) is 0 Å². The van der Waals surface area contributed by atoms with Gasteiger partial charge in [0.15, 0.2) is 0 Å². The molecule has 2 atom stereocenters. The quantitative estimate of drug-likeness (QED) is 0.450. The Morgan fingerprint density at radius 1 is 1.56 bits per heavy atom. The van der Waals surface area contributed by atoms with Gasteiger partial charge in [0.1, 0.15) is 0 Å². The van der Waals surface area contributed by atoms with E-state index in [0.29, 0.717) is 6.42 Å². The highest BCUT2D eigenvalue weighted by molar-refractivity contribution is 7.75. The van der Waals surface area contributed by atoms with Gasteiger partial charge < -0.3 is 14.6 Å². The monoisotopic (exact) mass is 257 g/mol. The van der Waals surface area contributed by atoms with E-state index in [1.54, 1.807) is 6.92 Å². The summed E-state index contributed by atoms with van der Waals surface area (Å²) in [5, 5.41) is 7.55. The first-order valence-corrected chi connectivity index (χ1v) is 6.94. The normalized spacial score (nSPS) is 28.6. The van der Waals surface area contributed by atoms with Crippen LogP contribution in [0.15, 0.2) is 0 Å². The zero-order valence-corrected chi connectivity index (χ0v) is 10.2. The largest absolute Gasteiger partial charge is 0.443 e. The van der Waals surface area contributed by atoms with E-state index >= 15 is 0 Å². The molecule has 16 heavy (non-hydrogen) atoms. The number of hydrogen-bond donors (Lipinski definition) is 1. The zero-order valence-electron chi connectivity index (χ0n) is 9.28. The SMILES string of the molecule is CCCOC(O)C(=O)O[C@@]1(CC)C[P+]1(F)F. The second kappa shape index (κ2) is 4.90. The van der Waals surface area contributed by atoms with E-state index in [0.717, 1.165) is 0 Å². The van der Waals surface area contributed by atoms with Crippen LogP contribution in [-0.4, -0.2) is 35.5 Å². The fourth-order valence-corrected chi connectivity index (χ4v) is 3.17. The highest BCUT2D eigenvalue weighted by Crippen LogP contribution is 2.89. The standard InChI is InChI=1S/C9H16F2O4P/c1-3-5-14-7(12)8(13)15-9(4-2)6-16(9,10)11/h7,12H,3-6H2,1-2H3/q+1/t7?,9-/m1/s1. The molecule has 1 N–H and O–H groups in total. The summed E-state index contributed by atoms with van der Waals surface area (Å²) >= 11 is 0. The zero-order chi connectivity index (χ0) is 12.4. The number of halogens is 2. The lowest BCUT2D eigenvalue weighted by atomic mass is 10.3. The first-order valence-electron chi connectivity index (χ1n) is 5.18. The molecule has 0 bridgehead atoms. The molecule has 1 fully saturated rings. The molecular formula is C9H16F2O4P+. The smallest absolute Gasteiger partial charge is 0.411 e. The molecular weight excluding hydrogens is 241 g/mol. The fraction of sp³-hybridized carbons (Fsp3) is 0.889. The number of aliphatic hydroxyl groups excluding tert-OH is 1. The van der Waals surface area contributed by atoms with Gasteiger partial charge in [0.25, 0.3) is 6.29 Å². The molecule has 0 aromatic carbocycles. The highest BCUT2D eigenvalue weighted by atomic mass is 31.2. The maximum absolute atomic E-state index is 13.0. The van der Waals surface area contributed by atoms with Gasteiger partial charge in [-0.2, -0.15) is 0 Å². The van der Waals surface area contributed by atoms with E-state index in [1.807, 2.05) is 0 Å². The number of aliphatic hydroxyl groups is 1. The number of carbonyl (C=O) groups is 1. The molecule has 1 aliphatic rings. The van der Waals surface area contributed by atoms with Crippen molar-refractivity contribution in [2.24, 2.45) is 0 Å². The van der Waals surface area contributed by atoms with Crippen molar-refractivity contribution < 1.29 is 27.8 Å². The first kappa shape index (κ1) is 13.7. The Morgan fingerprint density at radius 2 is 2.12 bits per heavy atom. The lowest BCUT2D eigenvalue weighted by molar-refractivity contribution is -0.188. The van der Waals surface area contributed by atoms with Crippen molar-refractivity contribution in [3.8, 4) is 0 Å². The second-order valence-corrected chi connectivity index (χ2v) is 6.12. The lowest BCUT2D eigenvalue weighted by Crippen LogP contribution is -2.31. The summed E-state index contributed by atoms with van der Waals surface area (Å²) in [4.78, 5) is 11.2. The van der Waals surface area contributed by atoms with Crippen LogP contribution in [0.1, 0.15) is 26.7 Å². The van der Waals surface area contributed by atoms with Gasteiger partial charge in [-0.25, -0.2) is 4.79 Å². The van der Waals surface area contributed by atoms with E-state index in [4.69, 9.17) is 0 Å². The number of ether oxygens (including phenoxy) is 2. The van der Waals surface area contributed by atoms with Crippen LogP contribution in [0.5, 0.6) is 0 Å². The van der Waals surface area contributed by atoms with Crippen molar-refractivity contribution in [3.05, 3.63) is 0 Å². The van der Waals surface area contributed by atoms with E-state index in [-0.39, 0.29) is 19.2 Å². The molecule has 1 unspecified atom stereocenters. The minimum absolute atomic E-state index is 0.0695. The van der Waals surface area contributed by atoms with E-state index in [9.17, 15) is 18.3 Å². The molecule has 0 aliphatic carbocycles. The first-order chi connectivity index (χ1) is 7.38. The van der Waals surface area contributed by atoms with Crippen molar-refractivity contribution in [1.82, 2.24) is 0 Å². The minimum Gasteiger partial charge on any atom is -0.411 e. The second-order valence-electron chi connectivity index (χ2n) is 3.73. The van der Waals surface area contributed by atoms with Gasteiger partial charge in [-0.15, -0.1) is 0 Å². The Labute approximate surface area is 93.5 Å². The molecule has 1 aliphatic heterocycles. The Bertz CT molecular complexity index is 274. The molecule has 0 amide bonds. The number of hydrogen-bond acceptors (Lipinski definition) is 4. The summed E-state index contributed by atoms with van der Waals surface area (Å²) < 4.78 is 35.4. The number of carbonyl (C=O) groups excluding carboxylic acids is 1. The van der Waals surface area contributed by atoms with Crippen molar-refractivity contribution in [2.45, 2.75) is 38.3 Å². The van der Waals surface area contributed by atoms with Crippen LogP contribution in [0.4, 0.5) is 8.39 Å². The molecule has 7 heteroatoms. The molecule has 0 aromatic rings. The summed E-state index contributed by atoms with van der Waals surface area (Å²) in [7, 11) is -4.11. The highest BCUT2D eigenvalue weighted by Gasteiger charge is 2.87. The summed E-state index contributed by atoms with van der Waals surface area (Å²) in [5.74, 6) is -1.12. The van der Waals surface area contributed by atoms with Gasteiger partial charge in [-0.05, 0) is 14.8 Å². The minimum atomic E-state index is -4.11. The third-order valence-electron chi connectivity index (χ3n) is 2.46. The van der Waals surface area contributed by atoms with E-state index in [2.05, 4.69) is 9.47 Å². The maximum atomic E-state index is 13.0. The van der Waals surface area contributed by atoms with Crippen LogP contribution < -0.4 is 0 Å². The number of rotatable bonds is 6. The van der Waals surface area contributed by atoms with Crippen molar-refractivity contribution in [1.29, 1.82) is 0 Å². The molecule has 0 saturated carbocycles. The predicted octanol–water partition coefficient (Wildman–Crippen LogP) is 2.18. The average molecular weight is 257 g/mol. The lowest BCUT2D eigenvalue weighted by Gasteiger charge is -2.13. The van der Waals surface area contributed by atoms with Gasteiger partial charge >= 0.3 is 19.2 Å². The van der Waals surface area contributed by atoms with Crippen LogP contribution in [0, 0.1) is 0 Å². The fourth-order valence-electron chi connectivity index (χ4n) is 1.32. The molecule has 94 valence electrons. The van der Waals surface area contributed by atoms with E-state index < -0.39 is 25.5 Å². The van der Waals surface area contributed by atoms with Crippen LogP contribution >= 0.6 is 7.88 Å². The molecule has 1 rings (SSSR count). The summed E-state index contributed by atoms with van der Waals surface area (Å²) in [6.07, 6.45) is -1.45. The Kier molecular flexibility index (Phi) is 4.21. The molecule has 4 nitrogen and oxygen atoms in total. The van der Waals surface area contributed by atoms with Gasteiger partial charge in [0, 0.05) is 6.42 Å². The molecule has 0 aromatic heterocycles. The average Bonchev–Trinajstić information content (AvgIpc) is 2.77. The van der Waals surface area contributed by atoms with Gasteiger partial charge in [0.05, 0.1) is 6.61 Å². The van der Waals surface area contributed by atoms with Gasteiger partial charge in [-0.1, -0.05) is 13.8 Å². The summed E-state index contributed by atoms with van der Waals surface area (Å²) in [5.41, 5.74) is 0. The maximum Gasteiger partial charge on any atom is 0.443 e.